The second-order valence-corrected chi connectivity index (χ2v) is 23.9. The number of rotatable bonds is 30. The summed E-state index contributed by atoms with van der Waals surface area (Å²) in [5, 5.41) is 2.78. The minimum absolute atomic E-state index is 0.0158. The summed E-state index contributed by atoms with van der Waals surface area (Å²) in [6, 6.07) is 9.36. The van der Waals surface area contributed by atoms with Gasteiger partial charge >= 0.3 is 29.8 Å². The molecule has 6 rings (SSSR count). The number of hydrogen-bond acceptors (Lipinski definition) is 18. The molecule has 2 saturated carbocycles. The van der Waals surface area contributed by atoms with Gasteiger partial charge in [0, 0.05) is 84.4 Å². The molecule has 2 aliphatic carbocycles. The molecule has 8 atom stereocenters. The monoisotopic (exact) mass is 1180 g/mol. The minimum Gasteiger partial charge on any atom is -0.466 e. The number of benzene rings is 2. The fraction of sp³-hybridized carbons (Fsp3) is 0.672. The first-order chi connectivity index (χ1) is 39.7. The summed E-state index contributed by atoms with van der Waals surface area (Å²) in [4.78, 5) is 120. The lowest BCUT2D eigenvalue weighted by molar-refractivity contribution is -0.175. The van der Waals surface area contributed by atoms with E-state index in [0.29, 0.717) is 63.7 Å². The molecule has 1 N–H and O–H groups in total. The Morgan fingerprint density at radius 1 is 0.548 bits per heavy atom. The van der Waals surface area contributed by atoms with Crippen molar-refractivity contribution in [3.63, 3.8) is 0 Å². The predicted octanol–water partition coefficient (Wildman–Crippen LogP) is 4.95. The highest BCUT2D eigenvalue weighted by Crippen LogP contribution is 2.37. The van der Waals surface area contributed by atoms with Crippen LogP contribution in [0.3, 0.4) is 0 Å². The number of morpholine rings is 2. The normalized spacial score (nSPS) is 18.5. The van der Waals surface area contributed by atoms with Crippen molar-refractivity contribution < 1.29 is 80.3 Å². The van der Waals surface area contributed by atoms with Gasteiger partial charge in [0.15, 0.2) is 24.4 Å². The molecular weight excluding hydrogens is 1090 g/mol. The van der Waals surface area contributed by atoms with Crippen molar-refractivity contribution in [3.05, 3.63) is 59.7 Å². The number of likely N-dealkylation sites (N-methyl/N-ethyl adjacent to an activating group) is 4. The highest BCUT2D eigenvalue weighted by atomic mass is 19.1. The molecule has 2 aromatic rings. The lowest BCUT2D eigenvalue weighted by Crippen LogP contribution is -2.54. The van der Waals surface area contributed by atoms with E-state index in [-0.39, 0.29) is 43.9 Å². The summed E-state index contributed by atoms with van der Waals surface area (Å²) < 4.78 is 69.9. The number of hydrogen-bond donors (Lipinski definition) is 1. The molecule has 0 unspecified atom stereocenters. The number of halogens is 2. The number of carbonyl (C=O) groups excluding carboxylic acids is 8. The summed E-state index contributed by atoms with van der Waals surface area (Å²) in [5.41, 5.74) is -0.856. The molecule has 0 spiro atoms. The number of carbonyl (C=O) groups is 8. The Labute approximate surface area is 492 Å². The Hall–Kier alpha value is -6.46. The van der Waals surface area contributed by atoms with Crippen LogP contribution in [0.5, 0.6) is 0 Å². The first-order valence-corrected chi connectivity index (χ1v) is 29.2. The molecule has 2 heterocycles. The van der Waals surface area contributed by atoms with Gasteiger partial charge in [-0.15, -0.1) is 0 Å². The van der Waals surface area contributed by atoms with Crippen LogP contribution in [0.25, 0.3) is 0 Å². The van der Waals surface area contributed by atoms with E-state index in [9.17, 15) is 42.7 Å². The molecule has 2 saturated heterocycles. The quantitative estimate of drug-likeness (QED) is 0.0806. The fourth-order valence-electron chi connectivity index (χ4n) is 10.3. The third-order valence-electron chi connectivity index (χ3n) is 15.8. The van der Waals surface area contributed by atoms with Crippen molar-refractivity contribution >= 4 is 58.9 Å². The maximum absolute atomic E-state index is 15.9. The number of amides is 3. The van der Waals surface area contributed by atoms with Crippen LogP contribution in [0.4, 0.5) is 20.2 Å². The summed E-state index contributed by atoms with van der Waals surface area (Å²) in [7, 11) is 6.58. The standard InChI is InChI=1S/C61H88F2N6O15/c1-38(81-57(75)47(32-40-12-13-40)65(8)53(71)50(83-56(74)46(64-7)36-60(3,4)62)34-42-16-20-44(21-17-42)68-24-28-79-29-25-68)52(70)67(10)49(37-61(5,6)63)59(77)84-51(35-43-18-22-45(23-19-43)69-26-30-80-31-27-69)54(72)66(9)48(33-41-14-15-41)58(76)82-39(2)55(73)78-11/h16-23,38-41,46-51,64H,12-15,24-37H2,1-11H3/t38-,39-,46+,47+,48+,49+,50-,51-/m1/s1. The zero-order chi connectivity index (χ0) is 61.6. The van der Waals surface area contributed by atoms with E-state index in [1.54, 1.807) is 12.1 Å². The zero-order valence-electron chi connectivity index (χ0n) is 50.7. The van der Waals surface area contributed by atoms with Gasteiger partial charge in [0.25, 0.3) is 17.7 Å². The van der Waals surface area contributed by atoms with Gasteiger partial charge < -0.3 is 63.0 Å². The van der Waals surface area contributed by atoms with E-state index in [0.717, 1.165) is 58.9 Å². The number of nitrogens with zero attached hydrogens (tertiary/aromatic N) is 5. The first-order valence-electron chi connectivity index (χ1n) is 29.2. The van der Waals surface area contributed by atoms with Crippen LogP contribution < -0.4 is 15.1 Å². The van der Waals surface area contributed by atoms with E-state index >= 15 is 4.39 Å². The maximum atomic E-state index is 15.9. The Bertz CT molecular complexity index is 2560. The van der Waals surface area contributed by atoms with Gasteiger partial charge in [-0.3, -0.25) is 19.2 Å². The molecule has 2 aromatic carbocycles. The van der Waals surface area contributed by atoms with Crippen LogP contribution in [0.1, 0.15) is 104 Å². The van der Waals surface area contributed by atoms with Crippen molar-refractivity contribution in [1.82, 2.24) is 20.0 Å². The van der Waals surface area contributed by atoms with Gasteiger partial charge in [0.2, 0.25) is 0 Å². The third kappa shape index (κ3) is 19.8. The molecule has 2 aliphatic heterocycles. The van der Waals surface area contributed by atoms with Gasteiger partial charge in [-0.1, -0.05) is 49.9 Å². The topological polar surface area (TPSA) is 229 Å². The van der Waals surface area contributed by atoms with Crippen molar-refractivity contribution in [2.24, 2.45) is 11.8 Å². The van der Waals surface area contributed by atoms with Crippen molar-refractivity contribution in [3.8, 4) is 0 Å². The first kappa shape index (κ1) is 66.7. The van der Waals surface area contributed by atoms with Gasteiger partial charge in [-0.25, -0.2) is 28.0 Å². The Balaban J connectivity index is 1.23. The van der Waals surface area contributed by atoms with Crippen LogP contribution in [0.15, 0.2) is 48.5 Å². The minimum atomic E-state index is -2.11. The number of ether oxygens (including phenoxy) is 7. The molecule has 0 aromatic heterocycles. The average molecular weight is 1180 g/mol. The van der Waals surface area contributed by atoms with Gasteiger partial charge in [-0.05, 0) is 109 Å². The SMILES string of the molecule is CN[C@@H](CC(C)(C)F)C(=O)O[C@H](Cc1ccc(N2CCOCC2)cc1)C(=O)N(C)[C@@H](CC1CC1)C(=O)O[C@H](C)C(=O)N(C)[C@@H](CC(C)(C)F)C(=O)O[C@H](Cc1ccc(N2CCOCC2)cc1)C(=O)N(C)[C@@H](CC1CC1)C(=O)O[C@H](C)C(=O)OC. The second kappa shape index (κ2) is 30.1. The van der Waals surface area contributed by atoms with Gasteiger partial charge in [0.1, 0.15) is 35.5 Å². The van der Waals surface area contributed by atoms with E-state index in [2.05, 4.69) is 15.1 Å². The van der Waals surface area contributed by atoms with Crippen LogP contribution in [0, 0.1) is 11.8 Å². The molecule has 0 radical (unpaired) electrons. The fourth-order valence-corrected chi connectivity index (χ4v) is 10.3. The molecule has 23 heteroatoms. The van der Waals surface area contributed by atoms with Crippen molar-refractivity contribution in [1.29, 1.82) is 0 Å². The largest absolute Gasteiger partial charge is 0.466 e. The molecule has 0 bridgehead atoms. The molecule has 21 nitrogen and oxygen atoms in total. The number of methoxy groups -OCH3 is 1. The number of nitrogens with one attached hydrogen (secondary N) is 1. The smallest absolute Gasteiger partial charge is 0.346 e. The highest BCUT2D eigenvalue weighted by Gasteiger charge is 2.44. The Morgan fingerprint density at radius 2 is 0.917 bits per heavy atom. The van der Waals surface area contributed by atoms with Crippen molar-refractivity contribution in [2.75, 3.05) is 97.7 Å². The number of esters is 5. The van der Waals surface area contributed by atoms with Gasteiger partial charge in [-0.2, -0.15) is 0 Å². The molecule has 84 heavy (non-hydrogen) atoms. The molecule has 3 amide bonds. The van der Waals surface area contributed by atoms with Gasteiger partial charge in [0.05, 0.1) is 33.5 Å². The van der Waals surface area contributed by atoms with E-state index in [1.807, 2.05) is 36.4 Å². The maximum Gasteiger partial charge on any atom is 0.346 e. The Morgan fingerprint density at radius 3 is 1.29 bits per heavy atom. The van der Waals surface area contributed by atoms with E-state index in [4.69, 9.17) is 33.2 Å². The lowest BCUT2D eigenvalue weighted by atomic mass is 9.99. The van der Waals surface area contributed by atoms with E-state index < -0.39 is 114 Å². The van der Waals surface area contributed by atoms with Crippen LogP contribution >= 0.6 is 0 Å². The number of alkyl halides is 2. The molecule has 466 valence electrons. The summed E-state index contributed by atoms with van der Waals surface area (Å²) >= 11 is 0. The highest BCUT2D eigenvalue weighted by molar-refractivity contribution is 5.93. The lowest BCUT2D eigenvalue weighted by Gasteiger charge is -2.34. The summed E-state index contributed by atoms with van der Waals surface area (Å²) in [6.45, 7) is 12.6. The predicted molar refractivity (Wildman–Crippen MR) is 306 cm³/mol. The van der Waals surface area contributed by atoms with Crippen LogP contribution in [-0.4, -0.2) is 210 Å². The number of anilines is 2. The second-order valence-electron chi connectivity index (χ2n) is 23.9. The average Bonchev–Trinajstić information content (AvgIpc) is 4.57. The Kier molecular flexibility index (Phi) is 23.9. The zero-order valence-corrected chi connectivity index (χ0v) is 50.7. The van der Waals surface area contributed by atoms with E-state index in [1.165, 1.54) is 69.7 Å². The molecule has 4 fully saturated rings. The summed E-state index contributed by atoms with van der Waals surface area (Å²) in [5.74, 6) is -7.12. The molecule has 4 aliphatic rings. The summed E-state index contributed by atoms with van der Waals surface area (Å²) in [6.07, 6.45) is -3.82. The third-order valence-corrected chi connectivity index (χ3v) is 15.8. The van der Waals surface area contributed by atoms with Crippen LogP contribution in [-0.2, 0) is 84.4 Å². The van der Waals surface area contributed by atoms with Crippen LogP contribution in [0.2, 0.25) is 0 Å². The van der Waals surface area contributed by atoms with Crippen molar-refractivity contribution in [2.45, 2.75) is 166 Å². The molecular formula is C61H88F2N6O15.